The number of aliphatic hydroxyl groups excluding tert-OH is 1. The molecule has 0 spiro atoms. The molecule has 0 radical (unpaired) electrons. The first kappa shape index (κ1) is 11.3. The monoisotopic (exact) mass is 199 g/mol. The van der Waals surface area contributed by atoms with Crippen LogP contribution in [0.15, 0.2) is 5.11 Å². The first-order chi connectivity index (χ1) is 6.70. The number of hydrogen-bond acceptors (Lipinski definition) is 3. The molecule has 5 heteroatoms. The summed E-state index contributed by atoms with van der Waals surface area (Å²) in [6.07, 6.45) is 1.18. The van der Waals surface area contributed by atoms with E-state index in [4.69, 9.17) is 10.3 Å². The average Bonchev–Trinajstić information content (AvgIpc) is 2.45. The van der Waals surface area contributed by atoms with Gasteiger partial charge in [-0.25, -0.2) is 0 Å². The summed E-state index contributed by atoms with van der Waals surface area (Å²) < 4.78 is 5.58. The van der Waals surface area contributed by atoms with Crippen LogP contribution in [-0.4, -0.2) is 30.0 Å². The highest BCUT2D eigenvalue weighted by Crippen LogP contribution is 2.31. The molecule has 14 heavy (non-hydrogen) atoms. The van der Waals surface area contributed by atoms with Crippen LogP contribution in [0, 0.1) is 5.92 Å². The fourth-order valence-electron chi connectivity index (χ4n) is 2.03. The van der Waals surface area contributed by atoms with E-state index in [1.807, 2.05) is 13.8 Å². The lowest BCUT2D eigenvalue weighted by Crippen LogP contribution is -2.26. The van der Waals surface area contributed by atoms with E-state index in [0.717, 1.165) is 6.42 Å². The molecule has 0 saturated carbocycles. The Morgan fingerprint density at radius 1 is 1.57 bits per heavy atom. The molecular weight excluding hydrogens is 182 g/mol. The summed E-state index contributed by atoms with van der Waals surface area (Å²) in [4.78, 5) is 2.69. The third kappa shape index (κ3) is 2.38. The molecular formula is C9H17N3O2. The van der Waals surface area contributed by atoms with Gasteiger partial charge in [-0.1, -0.05) is 12.0 Å². The predicted octanol–water partition coefficient (Wildman–Crippen LogP) is 1.86. The first-order valence-corrected chi connectivity index (χ1v) is 5.05. The first-order valence-electron chi connectivity index (χ1n) is 5.05. The predicted molar refractivity (Wildman–Crippen MR) is 52.8 cm³/mol. The quantitative estimate of drug-likeness (QED) is 0.426. The van der Waals surface area contributed by atoms with Crippen LogP contribution in [0.3, 0.4) is 0 Å². The van der Waals surface area contributed by atoms with Gasteiger partial charge < -0.3 is 9.84 Å². The maximum atomic E-state index is 9.80. The molecule has 1 aliphatic rings. The van der Waals surface area contributed by atoms with Gasteiger partial charge in [-0.05, 0) is 25.3 Å². The minimum Gasteiger partial charge on any atom is -0.390 e. The van der Waals surface area contributed by atoms with Crippen LogP contribution >= 0.6 is 0 Å². The molecule has 0 amide bonds. The Hall–Kier alpha value is -0.770. The van der Waals surface area contributed by atoms with Crippen LogP contribution in [0.5, 0.6) is 0 Å². The van der Waals surface area contributed by atoms with Gasteiger partial charge in [0.25, 0.3) is 0 Å². The van der Waals surface area contributed by atoms with E-state index in [0.29, 0.717) is 13.0 Å². The Labute approximate surface area is 83.7 Å². The molecule has 0 bridgehead atoms. The zero-order valence-corrected chi connectivity index (χ0v) is 8.63. The van der Waals surface area contributed by atoms with E-state index in [1.165, 1.54) is 0 Å². The Bertz CT molecular complexity index is 228. The second kappa shape index (κ2) is 5.20. The molecule has 1 rings (SSSR count). The highest BCUT2D eigenvalue weighted by atomic mass is 16.5. The minimum atomic E-state index is -0.422. The van der Waals surface area contributed by atoms with Crippen LogP contribution < -0.4 is 0 Å². The van der Waals surface area contributed by atoms with Crippen molar-refractivity contribution in [2.24, 2.45) is 11.0 Å². The second-order valence-electron chi connectivity index (χ2n) is 3.69. The Morgan fingerprint density at radius 2 is 2.29 bits per heavy atom. The highest BCUT2D eigenvalue weighted by molar-refractivity contribution is 4.88. The van der Waals surface area contributed by atoms with Gasteiger partial charge in [-0.2, -0.15) is 0 Å². The minimum absolute atomic E-state index is 0.101. The molecule has 1 heterocycles. The molecule has 0 aromatic rings. The van der Waals surface area contributed by atoms with Gasteiger partial charge >= 0.3 is 0 Å². The molecule has 5 nitrogen and oxygen atoms in total. The molecule has 1 saturated heterocycles. The van der Waals surface area contributed by atoms with Crippen LogP contribution in [0.25, 0.3) is 10.4 Å². The van der Waals surface area contributed by atoms with Crippen molar-refractivity contribution in [2.45, 2.75) is 45.0 Å². The largest absolute Gasteiger partial charge is 0.390 e. The van der Waals surface area contributed by atoms with Gasteiger partial charge in [0.05, 0.1) is 18.3 Å². The summed E-state index contributed by atoms with van der Waals surface area (Å²) in [5, 5.41) is 13.3. The fourth-order valence-corrected chi connectivity index (χ4v) is 2.03. The van der Waals surface area contributed by atoms with Crippen molar-refractivity contribution in [3.63, 3.8) is 0 Å². The molecule has 80 valence electrons. The topological polar surface area (TPSA) is 78.2 Å². The lowest BCUT2D eigenvalue weighted by molar-refractivity contribution is 0.0208. The molecule has 0 aromatic heterocycles. The van der Waals surface area contributed by atoms with E-state index in [2.05, 4.69) is 10.0 Å². The summed E-state index contributed by atoms with van der Waals surface area (Å²) in [5.74, 6) is 0.112. The highest BCUT2D eigenvalue weighted by Gasteiger charge is 2.39. The molecule has 0 aromatic carbocycles. The molecule has 0 aliphatic carbocycles. The van der Waals surface area contributed by atoms with Gasteiger partial charge in [0.1, 0.15) is 0 Å². The second-order valence-corrected chi connectivity index (χ2v) is 3.69. The smallest absolute Gasteiger partial charge is 0.0852 e. The summed E-state index contributed by atoms with van der Waals surface area (Å²) >= 11 is 0. The standard InChI is InChI=1S/C9H17N3O2/c1-3-8-7(4-5-11-12-10)9(13)6(2)14-8/h6-9,13H,3-5H2,1-2H3/t6-,7?,8+,9+/m0/s1. The Kier molecular flexibility index (Phi) is 4.20. The van der Waals surface area contributed by atoms with E-state index < -0.39 is 6.10 Å². The lowest BCUT2D eigenvalue weighted by atomic mass is 9.92. The molecule has 1 fully saturated rings. The summed E-state index contributed by atoms with van der Waals surface area (Å²) in [5.41, 5.74) is 8.15. The van der Waals surface area contributed by atoms with Crippen molar-refractivity contribution in [3.8, 4) is 0 Å². The van der Waals surface area contributed by atoms with Crippen LogP contribution in [0.2, 0.25) is 0 Å². The third-order valence-electron chi connectivity index (χ3n) is 2.81. The van der Waals surface area contributed by atoms with Crippen molar-refractivity contribution in [2.75, 3.05) is 6.54 Å². The summed E-state index contributed by atoms with van der Waals surface area (Å²) in [6, 6.07) is 0. The van der Waals surface area contributed by atoms with Crippen molar-refractivity contribution in [1.29, 1.82) is 0 Å². The SMILES string of the molecule is CC[C@H]1O[C@@H](C)[C@@H](O)C1CCN=[N+]=[N-]. The molecule has 1 N–H and O–H groups in total. The number of aliphatic hydroxyl groups is 1. The zero-order chi connectivity index (χ0) is 10.6. The van der Waals surface area contributed by atoms with Crippen LogP contribution in [0.4, 0.5) is 0 Å². The maximum absolute atomic E-state index is 9.80. The van der Waals surface area contributed by atoms with E-state index in [9.17, 15) is 5.11 Å². The molecule has 1 unspecified atom stereocenters. The van der Waals surface area contributed by atoms with Gasteiger partial charge in [-0.15, -0.1) is 0 Å². The van der Waals surface area contributed by atoms with E-state index >= 15 is 0 Å². The summed E-state index contributed by atoms with van der Waals surface area (Å²) in [6.45, 7) is 4.35. The van der Waals surface area contributed by atoms with Gasteiger partial charge in [0, 0.05) is 17.4 Å². The number of azide groups is 1. The molecule has 4 atom stereocenters. The molecule has 1 aliphatic heterocycles. The normalized spacial score (nSPS) is 36.8. The fraction of sp³-hybridized carbons (Fsp3) is 1.00. The third-order valence-corrected chi connectivity index (χ3v) is 2.81. The van der Waals surface area contributed by atoms with Crippen molar-refractivity contribution >= 4 is 0 Å². The van der Waals surface area contributed by atoms with Crippen LogP contribution in [0.1, 0.15) is 26.7 Å². The Morgan fingerprint density at radius 3 is 2.86 bits per heavy atom. The summed E-state index contributed by atoms with van der Waals surface area (Å²) in [7, 11) is 0. The number of rotatable bonds is 4. The lowest BCUT2D eigenvalue weighted by Gasteiger charge is -2.17. The van der Waals surface area contributed by atoms with Crippen molar-refractivity contribution < 1.29 is 9.84 Å². The van der Waals surface area contributed by atoms with Crippen molar-refractivity contribution in [1.82, 2.24) is 0 Å². The van der Waals surface area contributed by atoms with Crippen LogP contribution in [-0.2, 0) is 4.74 Å². The van der Waals surface area contributed by atoms with Gasteiger partial charge in [-0.3, -0.25) is 0 Å². The number of ether oxygens (including phenoxy) is 1. The number of hydrogen-bond donors (Lipinski definition) is 1. The maximum Gasteiger partial charge on any atom is 0.0852 e. The van der Waals surface area contributed by atoms with E-state index in [-0.39, 0.29) is 18.1 Å². The zero-order valence-electron chi connectivity index (χ0n) is 8.63. The Balaban J connectivity index is 2.50. The van der Waals surface area contributed by atoms with Crippen molar-refractivity contribution in [3.05, 3.63) is 10.4 Å². The average molecular weight is 199 g/mol. The van der Waals surface area contributed by atoms with E-state index in [1.54, 1.807) is 0 Å². The van der Waals surface area contributed by atoms with Gasteiger partial charge in [0.2, 0.25) is 0 Å². The van der Waals surface area contributed by atoms with Gasteiger partial charge in [0.15, 0.2) is 0 Å². The number of nitrogens with zero attached hydrogens (tertiary/aromatic N) is 3.